The van der Waals surface area contributed by atoms with E-state index in [1.54, 1.807) is 16.8 Å². The maximum Gasteiger partial charge on any atom is 0.256 e. The number of rotatable bonds is 3. The topological polar surface area (TPSA) is 94.0 Å². The summed E-state index contributed by atoms with van der Waals surface area (Å²) in [6.07, 6.45) is 1.94. The predicted molar refractivity (Wildman–Crippen MR) is 100 cm³/mol. The molecule has 0 saturated carbocycles. The third-order valence-electron chi connectivity index (χ3n) is 4.29. The average molecular weight is 397 g/mol. The molecule has 1 saturated heterocycles. The van der Waals surface area contributed by atoms with Crippen LogP contribution in [0.1, 0.15) is 49.3 Å². The van der Waals surface area contributed by atoms with Crippen molar-refractivity contribution in [1.82, 2.24) is 14.8 Å². The van der Waals surface area contributed by atoms with E-state index in [1.807, 2.05) is 20.8 Å². The van der Waals surface area contributed by atoms with Gasteiger partial charge in [0.05, 0.1) is 23.2 Å². The smallest absolute Gasteiger partial charge is 0.256 e. The summed E-state index contributed by atoms with van der Waals surface area (Å²) in [5.41, 5.74) is 0.918. The Labute approximate surface area is 157 Å². The van der Waals surface area contributed by atoms with E-state index in [0.717, 1.165) is 5.69 Å². The minimum Gasteiger partial charge on any atom is -0.307 e. The fraction of sp³-hybridized carbons (Fsp3) is 0.471. The third-order valence-corrected chi connectivity index (χ3v) is 6.25. The molecule has 140 valence electrons. The molecule has 1 aliphatic heterocycles. The second-order valence-electron chi connectivity index (χ2n) is 7.49. The van der Waals surface area contributed by atoms with Crippen LogP contribution >= 0.6 is 11.6 Å². The summed E-state index contributed by atoms with van der Waals surface area (Å²) in [5.74, 6) is 0.296. The monoisotopic (exact) mass is 396 g/mol. The molecule has 1 aliphatic rings. The Morgan fingerprint density at radius 1 is 1.35 bits per heavy atom. The van der Waals surface area contributed by atoms with E-state index in [-0.39, 0.29) is 34.0 Å². The van der Waals surface area contributed by atoms with Crippen molar-refractivity contribution < 1.29 is 13.2 Å². The fourth-order valence-electron chi connectivity index (χ4n) is 2.83. The van der Waals surface area contributed by atoms with Gasteiger partial charge in [-0.3, -0.25) is 4.79 Å². The Kier molecular flexibility index (Phi) is 4.83. The molecular weight excluding hydrogens is 376 g/mol. The van der Waals surface area contributed by atoms with Crippen LogP contribution in [-0.2, 0) is 15.3 Å². The zero-order valence-corrected chi connectivity index (χ0v) is 16.4. The quantitative estimate of drug-likeness (QED) is 0.805. The predicted octanol–water partition coefficient (Wildman–Crippen LogP) is 2.84. The van der Waals surface area contributed by atoms with Crippen molar-refractivity contribution in [3.8, 4) is 0 Å². The Balaban J connectivity index is 1.94. The summed E-state index contributed by atoms with van der Waals surface area (Å²) in [5, 5.41) is 7.65. The van der Waals surface area contributed by atoms with Crippen LogP contribution in [0.15, 0.2) is 24.4 Å². The van der Waals surface area contributed by atoms with Crippen LogP contribution in [0.3, 0.4) is 0 Å². The normalized spacial score (nSPS) is 19.5. The van der Waals surface area contributed by atoms with Crippen molar-refractivity contribution in [1.29, 1.82) is 0 Å². The van der Waals surface area contributed by atoms with Crippen LogP contribution in [0, 0.1) is 0 Å². The number of halogens is 1. The molecule has 0 bridgehead atoms. The Morgan fingerprint density at radius 3 is 2.65 bits per heavy atom. The van der Waals surface area contributed by atoms with Gasteiger partial charge in [0.2, 0.25) is 0 Å². The maximum atomic E-state index is 12.6. The summed E-state index contributed by atoms with van der Waals surface area (Å²) in [6, 6.07) is 4.55. The van der Waals surface area contributed by atoms with E-state index in [1.165, 1.54) is 12.3 Å². The molecule has 1 fully saturated rings. The van der Waals surface area contributed by atoms with E-state index < -0.39 is 9.84 Å². The lowest BCUT2D eigenvalue weighted by molar-refractivity contribution is 0.102. The van der Waals surface area contributed by atoms with Crippen molar-refractivity contribution in [2.24, 2.45) is 0 Å². The number of carbonyl (C=O) groups is 1. The largest absolute Gasteiger partial charge is 0.307 e. The van der Waals surface area contributed by atoms with Crippen LogP contribution < -0.4 is 5.32 Å². The summed E-state index contributed by atoms with van der Waals surface area (Å²) >= 11 is 5.85. The zero-order valence-electron chi connectivity index (χ0n) is 14.9. The van der Waals surface area contributed by atoms with Gasteiger partial charge in [-0.1, -0.05) is 32.4 Å². The molecule has 1 atom stereocenters. The fourth-order valence-corrected chi connectivity index (χ4v) is 4.70. The van der Waals surface area contributed by atoms with Gasteiger partial charge in [-0.2, -0.15) is 5.10 Å². The Hall–Kier alpha value is -1.93. The number of anilines is 1. The summed E-state index contributed by atoms with van der Waals surface area (Å²) in [7, 11) is -3.07. The summed E-state index contributed by atoms with van der Waals surface area (Å²) in [6.45, 7) is 6.04. The number of hydrogen-bond donors (Lipinski definition) is 1. The van der Waals surface area contributed by atoms with E-state index in [4.69, 9.17) is 11.6 Å². The number of sulfone groups is 1. The molecule has 0 aliphatic carbocycles. The molecule has 0 aromatic carbocycles. The first kappa shape index (κ1) is 18.8. The molecule has 0 radical (unpaired) electrons. The molecule has 3 heterocycles. The first-order chi connectivity index (χ1) is 12.0. The average Bonchev–Trinajstić information content (AvgIpc) is 3.10. The van der Waals surface area contributed by atoms with Crippen LogP contribution in [0.4, 0.5) is 5.82 Å². The van der Waals surface area contributed by atoms with Crippen LogP contribution in [-0.4, -0.2) is 40.6 Å². The van der Waals surface area contributed by atoms with Gasteiger partial charge < -0.3 is 5.32 Å². The van der Waals surface area contributed by atoms with E-state index in [2.05, 4.69) is 15.4 Å². The molecule has 26 heavy (non-hydrogen) atoms. The minimum atomic E-state index is -3.07. The lowest BCUT2D eigenvalue weighted by Crippen LogP contribution is -2.20. The van der Waals surface area contributed by atoms with Gasteiger partial charge in [0, 0.05) is 23.2 Å². The standard InChI is InChI=1S/C17H21ClN4O3S/c1-17(2,3)13-9-15(20-16(23)11-4-6-19-14(18)8-11)22(21-13)12-5-7-26(24,25)10-12/h4,6,8-9,12H,5,7,10H2,1-3H3,(H,20,23). The molecule has 1 unspecified atom stereocenters. The highest BCUT2D eigenvalue weighted by atomic mass is 35.5. The maximum absolute atomic E-state index is 12.6. The number of aromatic nitrogens is 3. The number of carbonyl (C=O) groups excluding carboxylic acids is 1. The Morgan fingerprint density at radius 2 is 2.08 bits per heavy atom. The van der Waals surface area contributed by atoms with Gasteiger partial charge in [-0.25, -0.2) is 18.1 Å². The second kappa shape index (κ2) is 6.66. The molecule has 1 N–H and O–H groups in total. The van der Waals surface area contributed by atoms with Crippen LogP contribution in [0.2, 0.25) is 5.15 Å². The second-order valence-corrected chi connectivity index (χ2v) is 10.1. The lowest BCUT2D eigenvalue weighted by Gasteiger charge is -2.15. The molecule has 2 aromatic heterocycles. The first-order valence-electron chi connectivity index (χ1n) is 8.28. The van der Waals surface area contributed by atoms with Gasteiger partial charge in [0.1, 0.15) is 11.0 Å². The SMILES string of the molecule is CC(C)(C)c1cc(NC(=O)c2ccnc(Cl)c2)n(C2CCS(=O)(=O)C2)n1. The van der Waals surface area contributed by atoms with E-state index >= 15 is 0 Å². The lowest BCUT2D eigenvalue weighted by atomic mass is 9.92. The number of amides is 1. The summed E-state index contributed by atoms with van der Waals surface area (Å²) < 4.78 is 25.4. The van der Waals surface area contributed by atoms with E-state index in [0.29, 0.717) is 17.8 Å². The molecule has 3 rings (SSSR count). The van der Waals surface area contributed by atoms with Crippen molar-refractivity contribution in [2.45, 2.75) is 38.6 Å². The highest BCUT2D eigenvalue weighted by molar-refractivity contribution is 7.91. The number of pyridine rings is 1. The van der Waals surface area contributed by atoms with Gasteiger partial charge in [0.25, 0.3) is 5.91 Å². The van der Waals surface area contributed by atoms with Crippen LogP contribution in [0.25, 0.3) is 0 Å². The highest BCUT2D eigenvalue weighted by Gasteiger charge is 2.33. The number of nitrogens with zero attached hydrogens (tertiary/aromatic N) is 3. The molecular formula is C17H21ClN4O3S. The van der Waals surface area contributed by atoms with Crippen molar-refractivity contribution in [2.75, 3.05) is 16.8 Å². The molecule has 2 aromatic rings. The first-order valence-corrected chi connectivity index (χ1v) is 10.5. The number of hydrogen-bond acceptors (Lipinski definition) is 5. The van der Waals surface area contributed by atoms with Crippen molar-refractivity contribution in [3.63, 3.8) is 0 Å². The summed E-state index contributed by atoms with van der Waals surface area (Å²) in [4.78, 5) is 16.4. The Bertz CT molecular complexity index is 947. The third kappa shape index (κ3) is 4.07. The number of nitrogens with one attached hydrogen (secondary N) is 1. The van der Waals surface area contributed by atoms with Crippen LogP contribution in [0.5, 0.6) is 0 Å². The van der Waals surface area contributed by atoms with Gasteiger partial charge in [-0.15, -0.1) is 0 Å². The van der Waals surface area contributed by atoms with Crippen molar-refractivity contribution in [3.05, 3.63) is 40.8 Å². The zero-order chi connectivity index (χ0) is 19.1. The molecule has 9 heteroatoms. The van der Waals surface area contributed by atoms with Gasteiger partial charge >= 0.3 is 0 Å². The van der Waals surface area contributed by atoms with Gasteiger partial charge in [0.15, 0.2) is 9.84 Å². The van der Waals surface area contributed by atoms with Gasteiger partial charge in [-0.05, 0) is 18.6 Å². The molecule has 0 spiro atoms. The molecule has 1 amide bonds. The highest BCUT2D eigenvalue weighted by Crippen LogP contribution is 2.31. The van der Waals surface area contributed by atoms with E-state index in [9.17, 15) is 13.2 Å². The minimum absolute atomic E-state index is 0.0300. The molecule has 7 nitrogen and oxygen atoms in total. The van der Waals surface area contributed by atoms with Crippen molar-refractivity contribution >= 4 is 33.2 Å².